The van der Waals surface area contributed by atoms with Crippen molar-refractivity contribution >= 4 is 21.6 Å². The Morgan fingerprint density at radius 3 is 2.52 bits per heavy atom. The minimum atomic E-state index is -3.51. The van der Waals surface area contributed by atoms with Crippen molar-refractivity contribution in [1.82, 2.24) is 18.8 Å². The fourth-order valence-electron chi connectivity index (χ4n) is 3.46. The van der Waals surface area contributed by atoms with E-state index in [-0.39, 0.29) is 0 Å². The van der Waals surface area contributed by atoms with E-state index < -0.39 is 10.0 Å². The normalized spacial score (nSPS) is 16.9. The highest BCUT2D eigenvalue weighted by Crippen LogP contribution is 2.26. The number of rotatable bonds is 6. The highest BCUT2D eigenvalue weighted by Gasteiger charge is 2.29. The number of halogens is 1. The third kappa shape index (κ3) is 4.37. The molecule has 3 rings (SSSR count). The molecule has 27 heavy (non-hydrogen) atoms. The highest BCUT2D eigenvalue weighted by atomic mass is 35.5. The first kappa shape index (κ1) is 20.3. The number of piperazine rings is 1. The lowest BCUT2D eigenvalue weighted by Crippen LogP contribution is -2.49. The molecule has 0 saturated carbocycles. The number of nitrogens with zero attached hydrogens (tertiary/aromatic N) is 4. The molecule has 0 spiro atoms. The Balaban J connectivity index is 1.60. The molecule has 1 saturated heterocycles. The number of sulfonamides is 1. The number of hydrogen-bond acceptors (Lipinski definition) is 4. The van der Waals surface area contributed by atoms with Crippen molar-refractivity contribution < 1.29 is 8.42 Å². The molecule has 0 aliphatic carbocycles. The molecule has 6 nitrogen and oxygen atoms in total. The summed E-state index contributed by atoms with van der Waals surface area (Å²) in [4.78, 5) is 7.03. The van der Waals surface area contributed by atoms with Gasteiger partial charge in [-0.2, -0.15) is 4.31 Å². The molecule has 0 radical (unpaired) electrons. The van der Waals surface area contributed by atoms with E-state index in [4.69, 9.17) is 11.6 Å². The van der Waals surface area contributed by atoms with E-state index in [1.54, 1.807) is 29.4 Å². The molecule has 2 heterocycles. The van der Waals surface area contributed by atoms with E-state index in [9.17, 15) is 8.42 Å². The second-order valence-electron chi connectivity index (χ2n) is 7.24. The van der Waals surface area contributed by atoms with Crippen LogP contribution in [-0.2, 0) is 16.6 Å². The van der Waals surface area contributed by atoms with Gasteiger partial charge in [0.2, 0.25) is 10.0 Å². The van der Waals surface area contributed by atoms with Crippen molar-refractivity contribution in [1.29, 1.82) is 0 Å². The Bertz CT molecular complexity index is 887. The van der Waals surface area contributed by atoms with Crippen LogP contribution in [0.1, 0.15) is 31.2 Å². The monoisotopic (exact) mass is 410 g/mol. The minimum Gasteiger partial charge on any atom is -0.333 e. The maximum atomic E-state index is 13.0. The molecule has 0 atom stereocenters. The molecule has 1 fully saturated rings. The second-order valence-corrected chi connectivity index (χ2v) is 9.56. The summed E-state index contributed by atoms with van der Waals surface area (Å²) < 4.78 is 29.7. The molecule has 1 aliphatic heterocycles. The van der Waals surface area contributed by atoms with Crippen LogP contribution in [0.2, 0.25) is 5.02 Å². The third-order valence-corrected chi connectivity index (χ3v) is 7.54. The summed E-state index contributed by atoms with van der Waals surface area (Å²) in [6.45, 7) is 10.2. The lowest BCUT2D eigenvalue weighted by atomic mass is 10.2. The Labute approximate surface area is 166 Å². The summed E-state index contributed by atoms with van der Waals surface area (Å²) in [5.41, 5.74) is 0.614. The van der Waals surface area contributed by atoms with Crippen LogP contribution in [0.3, 0.4) is 0 Å². The Morgan fingerprint density at radius 1 is 1.15 bits per heavy atom. The zero-order valence-corrected chi connectivity index (χ0v) is 17.7. The molecule has 148 valence electrons. The van der Waals surface area contributed by atoms with Gasteiger partial charge < -0.3 is 4.57 Å². The van der Waals surface area contributed by atoms with Crippen molar-refractivity contribution in [2.24, 2.45) is 0 Å². The van der Waals surface area contributed by atoms with E-state index in [2.05, 4.69) is 28.3 Å². The Morgan fingerprint density at radius 2 is 1.85 bits per heavy atom. The first-order valence-electron chi connectivity index (χ1n) is 9.29. The fraction of sp³-hybridized carbons (Fsp3) is 0.526. The topological polar surface area (TPSA) is 58.4 Å². The van der Waals surface area contributed by atoms with Crippen LogP contribution in [0.4, 0.5) is 0 Å². The lowest BCUT2D eigenvalue weighted by molar-refractivity contribution is 0.182. The van der Waals surface area contributed by atoms with E-state index in [0.717, 1.165) is 32.0 Å². The van der Waals surface area contributed by atoms with Crippen LogP contribution in [0.5, 0.6) is 0 Å². The van der Waals surface area contributed by atoms with E-state index in [1.807, 2.05) is 12.4 Å². The van der Waals surface area contributed by atoms with E-state index >= 15 is 0 Å². The van der Waals surface area contributed by atoms with Crippen molar-refractivity contribution in [3.05, 3.63) is 47.0 Å². The maximum Gasteiger partial charge on any atom is 0.243 e. The molecule has 0 N–H and O–H groups in total. The number of hydrogen-bond donors (Lipinski definition) is 0. The predicted molar refractivity (Wildman–Crippen MR) is 108 cm³/mol. The number of benzene rings is 1. The van der Waals surface area contributed by atoms with Gasteiger partial charge >= 0.3 is 0 Å². The van der Waals surface area contributed by atoms with Gasteiger partial charge in [0.15, 0.2) is 0 Å². The molecular formula is C19H27ClN4O2S. The van der Waals surface area contributed by atoms with Crippen LogP contribution in [0, 0.1) is 6.92 Å². The summed E-state index contributed by atoms with van der Waals surface area (Å²) >= 11 is 6.11. The number of aromatic nitrogens is 2. The zero-order chi connectivity index (χ0) is 19.6. The van der Waals surface area contributed by atoms with Crippen molar-refractivity contribution in [3.63, 3.8) is 0 Å². The average Bonchev–Trinajstić information content (AvgIpc) is 3.11. The summed E-state index contributed by atoms with van der Waals surface area (Å²) in [5.74, 6) is 1.48. The van der Waals surface area contributed by atoms with Gasteiger partial charge in [-0.1, -0.05) is 31.5 Å². The van der Waals surface area contributed by atoms with Gasteiger partial charge in [-0.3, -0.25) is 4.90 Å². The van der Waals surface area contributed by atoms with Crippen molar-refractivity contribution in [2.75, 3.05) is 32.7 Å². The van der Waals surface area contributed by atoms with Gasteiger partial charge in [0.1, 0.15) is 5.82 Å². The SMILES string of the molecule is Cc1c(Cl)cccc1S(=O)(=O)N1CCN(CCn2ccnc2C(C)C)CC1. The molecule has 0 unspecified atom stereocenters. The lowest BCUT2D eigenvalue weighted by Gasteiger charge is -2.34. The van der Waals surface area contributed by atoms with Gasteiger partial charge in [0.05, 0.1) is 4.90 Å². The molecule has 1 aromatic carbocycles. The van der Waals surface area contributed by atoms with Crippen LogP contribution in [-0.4, -0.2) is 59.9 Å². The van der Waals surface area contributed by atoms with Gasteiger partial charge in [-0.05, 0) is 24.6 Å². The minimum absolute atomic E-state index is 0.309. The van der Waals surface area contributed by atoms with Gasteiger partial charge in [0, 0.05) is 62.6 Å². The molecule has 1 aliphatic rings. The molecule has 2 aromatic rings. The molecule has 0 bridgehead atoms. The average molecular weight is 411 g/mol. The fourth-order valence-corrected chi connectivity index (χ4v) is 5.36. The smallest absolute Gasteiger partial charge is 0.243 e. The van der Waals surface area contributed by atoms with Crippen molar-refractivity contribution in [2.45, 2.75) is 38.1 Å². The standard InChI is InChI=1S/C19H27ClN4O2S/c1-15(2)19-21-7-8-23(19)12-9-22-10-13-24(14-11-22)27(25,26)18-6-4-5-17(20)16(18)3/h4-8,15H,9-14H2,1-3H3. The van der Waals surface area contributed by atoms with E-state index in [0.29, 0.717) is 34.5 Å². The molecule has 8 heteroatoms. The quantitative estimate of drug-likeness (QED) is 0.734. The molecule has 1 aromatic heterocycles. The van der Waals surface area contributed by atoms with Crippen LogP contribution >= 0.6 is 11.6 Å². The highest BCUT2D eigenvalue weighted by molar-refractivity contribution is 7.89. The van der Waals surface area contributed by atoms with Crippen LogP contribution < -0.4 is 0 Å². The van der Waals surface area contributed by atoms with Gasteiger partial charge in [-0.15, -0.1) is 0 Å². The molecule has 0 amide bonds. The third-order valence-electron chi connectivity index (χ3n) is 5.09. The Kier molecular flexibility index (Phi) is 6.25. The zero-order valence-electron chi connectivity index (χ0n) is 16.1. The molecular weight excluding hydrogens is 384 g/mol. The van der Waals surface area contributed by atoms with Gasteiger partial charge in [-0.25, -0.2) is 13.4 Å². The number of imidazole rings is 1. The Hall–Kier alpha value is -1.41. The van der Waals surface area contributed by atoms with Crippen molar-refractivity contribution in [3.8, 4) is 0 Å². The van der Waals surface area contributed by atoms with Crippen LogP contribution in [0.15, 0.2) is 35.5 Å². The first-order chi connectivity index (χ1) is 12.8. The largest absolute Gasteiger partial charge is 0.333 e. The maximum absolute atomic E-state index is 13.0. The summed E-state index contributed by atoms with van der Waals surface area (Å²) in [6.07, 6.45) is 3.85. The second kappa shape index (κ2) is 8.31. The summed E-state index contributed by atoms with van der Waals surface area (Å²) in [5, 5.41) is 0.482. The van der Waals surface area contributed by atoms with Crippen LogP contribution in [0.25, 0.3) is 0 Å². The van der Waals surface area contributed by atoms with Gasteiger partial charge in [0.25, 0.3) is 0 Å². The first-order valence-corrected chi connectivity index (χ1v) is 11.1. The van der Waals surface area contributed by atoms with E-state index in [1.165, 1.54) is 0 Å². The summed E-state index contributed by atoms with van der Waals surface area (Å²) in [7, 11) is -3.51. The predicted octanol–water partition coefficient (Wildman–Crippen LogP) is 2.97. The summed E-state index contributed by atoms with van der Waals surface area (Å²) in [6, 6.07) is 5.04.